The van der Waals surface area contributed by atoms with Crippen LogP contribution in [0.15, 0.2) is 139 Å². The van der Waals surface area contributed by atoms with E-state index < -0.39 is 0 Å². The van der Waals surface area contributed by atoms with Crippen LogP contribution >= 0.6 is 0 Å². The first-order chi connectivity index (χ1) is 24.2. The third kappa shape index (κ3) is 10.2. The molecule has 1 unspecified atom stereocenters. The van der Waals surface area contributed by atoms with E-state index in [9.17, 15) is 0 Å². The molecule has 5 nitrogen and oxygen atoms in total. The van der Waals surface area contributed by atoms with Gasteiger partial charge in [-0.1, -0.05) is 155 Å². The minimum atomic E-state index is -0.203. The van der Waals surface area contributed by atoms with Gasteiger partial charge < -0.3 is 15.6 Å². The van der Waals surface area contributed by atoms with Crippen molar-refractivity contribution < 1.29 is 0 Å². The summed E-state index contributed by atoms with van der Waals surface area (Å²) in [4.78, 5) is 0. The number of para-hydroxylation sites is 1. The molecule has 0 fully saturated rings. The summed E-state index contributed by atoms with van der Waals surface area (Å²) < 4.78 is 2.26. The smallest absolute Gasteiger partial charge is 0.101 e. The van der Waals surface area contributed by atoms with Crippen LogP contribution in [0.5, 0.6) is 0 Å². The average molecular weight is 656 g/mol. The van der Waals surface area contributed by atoms with E-state index in [4.69, 9.17) is 5.73 Å². The molecule has 49 heavy (non-hydrogen) atoms. The van der Waals surface area contributed by atoms with Gasteiger partial charge in [-0.15, -0.1) is 0 Å². The van der Waals surface area contributed by atoms with Crippen LogP contribution < -0.4 is 22.7 Å². The molecule has 0 amide bonds. The van der Waals surface area contributed by atoms with Crippen molar-refractivity contribution in [1.29, 1.82) is 0 Å². The Hall–Kier alpha value is -4.52. The zero-order valence-electron chi connectivity index (χ0n) is 30.2. The molecule has 0 saturated carbocycles. The number of nitrogens with two attached hydrogens (primary N) is 3. The van der Waals surface area contributed by atoms with Gasteiger partial charge >= 0.3 is 0 Å². The molecule has 0 saturated heterocycles. The van der Waals surface area contributed by atoms with Crippen LogP contribution in [0.4, 0.5) is 0 Å². The molecule has 5 heteroatoms. The highest BCUT2D eigenvalue weighted by Gasteiger charge is 2.24. The van der Waals surface area contributed by atoms with Crippen LogP contribution in [-0.4, -0.2) is 11.1 Å². The third-order valence-electron chi connectivity index (χ3n) is 8.19. The first-order valence-electron chi connectivity index (χ1n) is 17.8. The first-order valence-corrected chi connectivity index (χ1v) is 17.8. The maximum Gasteiger partial charge on any atom is 0.101 e. The van der Waals surface area contributed by atoms with E-state index in [-0.39, 0.29) is 6.17 Å². The van der Waals surface area contributed by atoms with Crippen molar-refractivity contribution in [1.82, 2.24) is 9.88 Å². The van der Waals surface area contributed by atoms with Gasteiger partial charge in [0.2, 0.25) is 0 Å². The summed E-state index contributed by atoms with van der Waals surface area (Å²) in [6.45, 7) is 12.2. The highest BCUT2D eigenvalue weighted by atomic mass is 15.1. The second-order valence-corrected chi connectivity index (χ2v) is 11.7. The Balaban J connectivity index is 0.000000251. The van der Waals surface area contributed by atoms with Crippen molar-refractivity contribution in [3.8, 4) is 11.1 Å². The molecule has 258 valence electrons. The fourth-order valence-electron chi connectivity index (χ4n) is 6.18. The standard InChI is InChI=1S/C25H22N2.C14H17N.C3H8.C2H6.H4N2/c1-2-3-4-13-24(26)27-22-12-8-7-11-20(22)25-21-16-17-9-5-6-10-18(17)19(21)14-15-23(25)27;1-3-7-13(8-4-1)11-15-12-14-9-5-2-6-10-14;1-3-2;2*1-2/h2-15,24H,16,26H2,1H3;1-5,7-9,15H,6,10-12H2;3H2,1-2H3;1-2H3;1-2H2/b3-2+,13-4-;;;;. The van der Waals surface area contributed by atoms with Crippen molar-refractivity contribution >= 4 is 21.8 Å². The largest absolute Gasteiger partial charge is 0.321 e. The number of hydrogen-bond acceptors (Lipinski definition) is 4. The monoisotopic (exact) mass is 655 g/mol. The number of nitrogens with one attached hydrogen (secondary N) is 1. The lowest BCUT2D eigenvalue weighted by Gasteiger charge is -2.13. The number of hydrazine groups is 1. The molecule has 1 heterocycles. The minimum Gasteiger partial charge on any atom is -0.321 e. The minimum absolute atomic E-state index is 0.203. The van der Waals surface area contributed by atoms with Crippen LogP contribution in [0.1, 0.15) is 76.7 Å². The summed E-state index contributed by atoms with van der Waals surface area (Å²) in [7, 11) is 0. The maximum atomic E-state index is 6.58. The Morgan fingerprint density at radius 3 is 2.20 bits per heavy atom. The molecule has 0 aliphatic heterocycles. The molecule has 4 aromatic carbocycles. The van der Waals surface area contributed by atoms with Crippen LogP contribution in [-0.2, 0) is 13.0 Å². The molecule has 0 bridgehead atoms. The number of rotatable bonds is 7. The number of nitrogens with zero attached hydrogens (tertiary/aromatic N) is 1. The van der Waals surface area contributed by atoms with Gasteiger partial charge in [0.05, 0.1) is 11.0 Å². The topological polar surface area (TPSA) is 95.0 Å². The first kappa shape index (κ1) is 38.9. The molecule has 7 rings (SSSR count). The summed E-state index contributed by atoms with van der Waals surface area (Å²) in [6.07, 6.45) is 19.1. The van der Waals surface area contributed by atoms with Gasteiger partial charge in [-0.3, -0.25) is 11.7 Å². The predicted molar refractivity (Wildman–Crippen MR) is 215 cm³/mol. The summed E-state index contributed by atoms with van der Waals surface area (Å²) in [5, 5.41) is 6.10. The van der Waals surface area contributed by atoms with E-state index >= 15 is 0 Å². The van der Waals surface area contributed by atoms with Gasteiger partial charge in [0, 0.05) is 23.9 Å². The molecule has 0 radical (unpaired) electrons. The van der Waals surface area contributed by atoms with Gasteiger partial charge in [0.25, 0.3) is 0 Å². The molecule has 5 aromatic rings. The molecular formula is C44H57N5. The average Bonchev–Trinajstić information content (AvgIpc) is 3.71. The molecule has 7 N–H and O–H groups in total. The van der Waals surface area contributed by atoms with Gasteiger partial charge in [-0.05, 0) is 72.2 Å². The van der Waals surface area contributed by atoms with Gasteiger partial charge in [0.15, 0.2) is 0 Å². The van der Waals surface area contributed by atoms with Crippen molar-refractivity contribution in [2.45, 2.75) is 73.0 Å². The van der Waals surface area contributed by atoms with Crippen molar-refractivity contribution in [2.75, 3.05) is 6.54 Å². The van der Waals surface area contributed by atoms with E-state index in [1.54, 1.807) is 0 Å². The Labute approximate surface area is 294 Å². The summed E-state index contributed by atoms with van der Waals surface area (Å²) in [5.41, 5.74) is 17.4. The lowest BCUT2D eigenvalue weighted by atomic mass is 10.0. The van der Waals surface area contributed by atoms with Crippen LogP contribution in [0.2, 0.25) is 0 Å². The Morgan fingerprint density at radius 1 is 0.796 bits per heavy atom. The normalized spacial score (nSPS) is 13.2. The quantitative estimate of drug-likeness (QED) is 0.0782. The van der Waals surface area contributed by atoms with Crippen LogP contribution in [0, 0.1) is 0 Å². The number of benzene rings is 4. The van der Waals surface area contributed by atoms with E-state index in [0.717, 1.165) is 19.5 Å². The van der Waals surface area contributed by atoms with Gasteiger partial charge in [-0.25, -0.2) is 0 Å². The lowest BCUT2D eigenvalue weighted by molar-refractivity contribution is 0.676. The Morgan fingerprint density at radius 2 is 1.49 bits per heavy atom. The molecule has 2 aliphatic rings. The van der Waals surface area contributed by atoms with E-state index in [1.165, 1.54) is 74.5 Å². The molecule has 1 aromatic heterocycles. The van der Waals surface area contributed by atoms with E-state index in [0.29, 0.717) is 0 Å². The molecule has 2 aliphatic carbocycles. The van der Waals surface area contributed by atoms with Gasteiger partial charge in [-0.2, -0.15) is 0 Å². The SMILES string of the molecule is C/C=C/C=C\C(N)n1c2ccccc2c2c3c(ccc21)-c1ccccc1C3.C1=CCCC(CNCc2ccccc2)=C1.CC.CCC.NN. The number of allylic oxidation sites excluding steroid dienone is 6. The van der Waals surface area contributed by atoms with E-state index in [1.807, 2.05) is 45.1 Å². The molecular weight excluding hydrogens is 599 g/mol. The third-order valence-corrected chi connectivity index (χ3v) is 8.19. The predicted octanol–water partition coefficient (Wildman–Crippen LogP) is 10.3. The summed E-state index contributed by atoms with van der Waals surface area (Å²) in [6, 6.07) is 32.4. The molecule has 0 spiro atoms. The Kier molecular flexibility index (Phi) is 17.0. The van der Waals surface area contributed by atoms with Crippen molar-refractivity contribution in [3.05, 3.63) is 156 Å². The lowest BCUT2D eigenvalue weighted by Crippen LogP contribution is -2.16. The second kappa shape index (κ2) is 21.5. The van der Waals surface area contributed by atoms with Crippen molar-refractivity contribution in [3.63, 3.8) is 0 Å². The number of aromatic nitrogens is 1. The highest BCUT2D eigenvalue weighted by Crippen LogP contribution is 2.44. The number of hydrogen-bond donors (Lipinski definition) is 4. The fourth-order valence-corrected chi connectivity index (χ4v) is 6.18. The fraction of sp³-hybridized carbons (Fsp3) is 0.273. The van der Waals surface area contributed by atoms with Crippen LogP contribution in [0.3, 0.4) is 0 Å². The highest BCUT2D eigenvalue weighted by molar-refractivity contribution is 6.12. The van der Waals surface area contributed by atoms with Crippen molar-refractivity contribution in [2.24, 2.45) is 17.4 Å². The number of fused-ring (bicyclic) bond motifs is 7. The van der Waals surface area contributed by atoms with Crippen LogP contribution in [0.25, 0.3) is 32.9 Å². The Bertz CT molecular complexity index is 1830. The summed E-state index contributed by atoms with van der Waals surface area (Å²) >= 11 is 0. The van der Waals surface area contributed by atoms with Gasteiger partial charge in [0.1, 0.15) is 6.17 Å². The van der Waals surface area contributed by atoms with E-state index in [2.05, 4.69) is 145 Å². The second-order valence-electron chi connectivity index (χ2n) is 11.7. The molecule has 1 atom stereocenters. The summed E-state index contributed by atoms with van der Waals surface area (Å²) in [5.74, 6) is 8.00. The zero-order valence-corrected chi connectivity index (χ0v) is 30.2. The maximum absolute atomic E-state index is 6.58. The zero-order chi connectivity index (χ0) is 35.4.